The van der Waals surface area contributed by atoms with E-state index in [0.717, 1.165) is 19.3 Å². The van der Waals surface area contributed by atoms with Crippen molar-refractivity contribution in [3.63, 3.8) is 0 Å². The summed E-state index contributed by atoms with van der Waals surface area (Å²) in [5, 5.41) is 1.88. The molecule has 0 N–H and O–H groups in total. The summed E-state index contributed by atoms with van der Waals surface area (Å²) in [6.07, 6.45) is 16.6. The summed E-state index contributed by atoms with van der Waals surface area (Å²) in [5.41, 5.74) is 0.532. The van der Waals surface area contributed by atoms with E-state index < -0.39 is 0 Å². The highest BCUT2D eigenvalue weighted by Crippen LogP contribution is 2.39. The Morgan fingerprint density at radius 1 is 0.889 bits per heavy atom. The van der Waals surface area contributed by atoms with E-state index in [-0.39, 0.29) is 0 Å². The molecule has 0 aliphatic carbocycles. The standard InChI is InChI=1S/C17H30S/c1-4-7-9-13-17(6-3,14-10-8-5-2)15-11-12-16-18/h4-5,16H,1-2,6-15H2,3H3. The highest BCUT2D eigenvalue weighted by atomic mass is 32.1. The van der Waals surface area contributed by atoms with Gasteiger partial charge in [-0.3, -0.25) is 0 Å². The lowest BCUT2D eigenvalue weighted by Gasteiger charge is -2.33. The third kappa shape index (κ3) is 7.81. The van der Waals surface area contributed by atoms with Crippen LogP contribution in [-0.2, 0) is 0 Å². The maximum absolute atomic E-state index is 4.94. The van der Waals surface area contributed by atoms with Crippen LogP contribution in [0.25, 0.3) is 0 Å². The van der Waals surface area contributed by atoms with Gasteiger partial charge in [0.25, 0.3) is 0 Å². The molecule has 0 fully saturated rings. The molecule has 0 radical (unpaired) electrons. The third-order valence-electron chi connectivity index (χ3n) is 4.01. The van der Waals surface area contributed by atoms with Crippen molar-refractivity contribution in [1.29, 1.82) is 0 Å². The fourth-order valence-electron chi connectivity index (χ4n) is 2.71. The van der Waals surface area contributed by atoms with Crippen molar-refractivity contribution < 1.29 is 0 Å². The maximum Gasteiger partial charge on any atom is -0.0210 e. The van der Waals surface area contributed by atoms with Gasteiger partial charge in [-0.15, -0.1) is 13.2 Å². The fourth-order valence-corrected chi connectivity index (χ4v) is 2.88. The topological polar surface area (TPSA) is 0 Å². The van der Waals surface area contributed by atoms with Crippen LogP contribution in [0.4, 0.5) is 0 Å². The normalized spacial score (nSPS) is 11.2. The Kier molecular flexibility index (Phi) is 11.4. The molecule has 0 aromatic heterocycles. The Bertz CT molecular complexity index is 194. The molecule has 0 heterocycles. The van der Waals surface area contributed by atoms with Crippen LogP contribution in [0.3, 0.4) is 0 Å². The van der Waals surface area contributed by atoms with Gasteiger partial charge in [-0.25, -0.2) is 0 Å². The van der Waals surface area contributed by atoms with Crippen molar-refractivity contribution in [3.05, 3.63) is 25.3 Å². The minimum atomic E-state index is 0.532. The SMILES string of the molecule is C=CCCCC(CC)(CCCC=C)CCCC=S. The molecule has 0 aromatic carbocycles. The molecule has 0 saturated heterocycles. The Morgan fingerprint density at radius 3 is 1.67 bits per heavy atom. The van der Waals surface area contributed by atoms with Gasteiger partial charge in [0.2, 0.25) is 0 Å². The summed E-state index contributed by atoms with van der Waals surface area (Å²) in [7, 11) is 0. The summed E-state index contributed by atoms with van der Waals surface area (Å²) < 4.78 is 0. The Balaban J connectivity index is 4.32. The molecule has 0 rings (SSSR count). The van der Waals surface area contributed by atoms with Gasteiger partial charge in [0.1, 0.15) is 0 Å². The molecule has 0 nitrogen and oxygen atoms in total. The molecule has 1 heteroatoms. The zero-order valence-corrected chi connectivity index (χ0v) is 12.9. The number of hydrogen-bond donors (Lipinski definition) is 0. The van der Waals surface area contributed by atoms with E-state index in [1.54, 1.807) is 0 Å². The molecule has 0 amide bonds. The minimum absolute atomic E-state index is 0.532. The average molecular weight is 266 g/mol. The van der Waals surface area contributed by atoms with Gasteiger partial charge in [0.15, 0.2) is 0 Å². The highest BCUT2D eigenvalue weighted by molar-refractivity contribution is 7.78. The van der Waals surface area contributed by atoms with Crippen LogP contribution in [-0.4, -0.2) is 5.37 Å². The van der Waals surface area contributed by atoms with Gasteiger partial charge >= 0.3 is 0 Å². The Hall–Kier alpha value is -0.430. The van der Waals surface area contributed by atoms with Crippen molar-refractivity contribution in [2.75, 3.05) is 0 Å². The predicted molar refractivity (Wildman–Crippen MR) is 88.3 cm³/mol. The zero-order valence-electron chi connectivity index (χ0n) is 12.1. The number of rotatable bonds is 13. The molecule has 0 aromatic rings. The third-order valence-corrected chi connectivity index (χ3v) is 4.25. The highest BCUT2D eigenvalue weighted by Gasteiger charge is 2.26. The maximum atomic E-state index is 4.94. The van der Waals surface area contributed by atoms with E-state index in [1.165, 1.54) is 44.9 Å². The van der Waals surface area contributed by atoms with E-state index in [4.69, 9.17) is 12.2 Å². The van der Waals surface area contributed by atoms with E-state index >= 15 is 0 Å². The second-order valence-corrected chi connectivity index (χ2v) is 5.61. The molecule has 0 aliphatic rings. The van der Waals surface area contributed by atoms with Crippen LogP contribution in [0.5, 0.6) is 0 Å². The zero-order chi connectivity index (χ0) is 13.7. The Morgan fingerprint density at radius 2 is 1.33 bits per heavy atom. The second kappa shape index (κ2) is 11.6. The molecule has 0 bridgehead atoms. The van der Waals surface area contributed by atoms with Gasteiger partial charge in [-0.05, 0) is 68.6 Å². The number of allylic oxidation sites excluding steroid dienone is 2. The summed E-state index contributed by atoms with van der Waals surface area (Å²) >= 11 is 4.94. The first-order chi connectivity index (χ1) is 8.74. The van der Waals surface area contributed by atoms with Crippen LogP contribution < -0.4 is 0 Å². The van der Waals surface area contributed by atoms with Gasteiger partial charge < -0.3 is 0 Å². The van der Waals surface area contributed by atoms with Crippen molar-refractivity contribution in [2.45, 2.75) is 71.1 Å². The first-order valence-electron chi connectivity index (χ1n) is 7.40. The lowest BCUT2D eigenvalue weighted by molar-refractivity contribution is 0.195. The van der Waals surface area contributed by atoms with Gasteiger partial charge in [-0.1, -0.05) is 37.7 Å². The molecule has 0 atom stereocenters. The van der Waals surface area contributed by atoms with Crippen molar-refractivity contribution in [3.8, 4) is 0 Å². The largest absolute Gasteiger partial charge is 0.103 e. The molecular weight excluding hydrogens is 236 g/mol. The molecule has 104 valence electrons. The Labute approximate surface area is 120 Å². The minimum Gasteiger partial charge on any atom is -0.103 e. The smallest absolute Gasteiger partial charge is 0.0210 e. The van der Waals surface area contributed by atoms with Crippen LogP contribution >= 0.6 is 12.2 Å². The second-order valence-electron chi connectivity index (χ2n) is 5.27. The summed E-state index contributed by atoms with van der Waals surface area (Å²) in [6, 6.07) is 0. The van der Waals surface area contributed by atoms with Crippen molar-refractivity contribution in [1.82, 2.24) is 0 Å². The van der Waals surface area contributed by atoms with Gasteiger partial charge in [0, 0.05) is 0 Å². The van der Waals surface area contributed by atoms with E-state index in [2.05, 4.69) is 20.1 Å². The summed E-state index contributed by atoms with van der Waals surface area (Å²) in [4.78, 5) is 0. The van der Waals surface area contributed by atoms with E-state index in [0.29, 0.717) is 5.41 Å². The van der Waals surface area contributed by atoms with Crippen molar-refractivity contribution >= 4 is 17.6 Å². The lowest BCUT2D eigenvalue weighted by atomic mass is 9.72. The quantitative estimate of drug-likeness (QED) is 0.215. The number of unbranched alkanes of at least 4 members (excludes halogenated alkanes) is 3. The molecule has 0 spiro atoms. The fraction of sp³-hybridized carbons (Fsp3) is 0.706. The van der Waals surface area contributed by atoms with Crippen LogP contribution in [0, 0.1) is 5.41 Å². The molecule has 0 unspecified atom stereocenters. The van der Waals surface area contributed by atoms with Crippen molar-refractivity contribution in [2.24, 2.45) is 5.41 Å². The van der Waals surface area contributed by atoms with E-state index in [9.17, 15) is 0 Å². The molecule has 0 saturated carbocycles. The van der Waals surface area contributed by atoms with E-state index in [1.807, 2.05) is 17.5 Å². The predicted octanol–water partition coefficient (Wildman–Crippen LogP) is 6.27. The summed E-state index contributed by atoms with van der Waals surface area (Å²) in [5.74, 6) is 0. The first-order valence-corrected chi connectivity index (χ1v) is 7.87. The van der Waals surface area contributed by atoms with Crippen LogP contribution in [0.15, 0.2) is 25.3 Å². The number of thiocarbonyl (C=S) groups is 1. The summed E-state index contributed by atoms with van der Waals surface area (Å²) in [6.45, 7) is 10.00. The average Bonchev–Trinajstić information content (AvgIpc) is 2.39. The number of hydrogen-bond acceptors (Lipinski definition) is 1. The van der Waals surface area contributed by atoms with Gasteiger partial charge in [-0.2, -0.15) is 0 Å². The molecule has 0 aliphatic heterocycles. The molecule has 18 heavy (non-hydrogen) atoms. The lowest BCUT2D eigenvalue weighted by Crippen LogP contribution is -2.20. The molecular formula is C17H30S. The van der Waals surface area contributed by atoms with Crippen LogP contribution in [0.1, 0.15) is 71.1 Å². The first kappa shape index (κ1) is 17.6. The van der Waals surface area contributed by atoms with Gasteiger partial charge in [0.05, 0.1) is 0 Å². The monoisotopic (exact) mass is 266 g/mol. The van der Waals surface area contributed by atoms with Crippen LogP contribution in [0.2, 0.25) is 0 Å².